The summed E-state index contributed by atoms with van der Waals surface area (Å²) in [6.45, 7) is 3.35. The molecule has 0 aliphatic carbocycles. The number of nitrogens with one attached hydrogen (secondary N) is 1. The van der Waals surface area contributed by atoms with Gasteiger partial charge in [-0.15, -0.1) is 11.3 Å². The maximum atomic E-state index is 3.66. The van der Waals surface area contributed by atoms with E-state index < -0.39 is 0 Å². The van der Waals surface area contributed by atoms with Gasteiger partial charge in [-0.25, -0.2) is 0 Å². The van der Waals surface area contributed by atoms with Gasteiger partial charge in [0.05, 0.1) is 5.54 Å². The van der Waals surface area contributed by atoms with Crippen LogP contribution in [-0.2, 0) is 12.0 Å². The van der Waals surface area contributed by atoms with Crippen LogP contribution in [0.15, 0.2) is 41.8 Å². The minimum Gasteiger partial charge on any atom is -0.304 e. The van der Waals surface area contributed by atoms with Crippen LogP contribution in [0.4, 0.5) is 0 Å². The molecule has 3 rings (SSSR count). The molecule has 1 aliphatic rings. The summed E-state index contributed by atoms with van der Waals surface area (Å²) in [4.78, 5) is 1.53. The molecule has 1 aromatic carbocycles. The van der Waals surface area contributed by atoms with Crippen molar-refractivity contribution in [1.82, 2.24) is 5.32 Å². The lowest BCUT2D eigenvalue weighted by atomic mass is 9.82. The first-order valence-corrected chi connectivity index (χ1v) is 6.56. The molecule has 0 amide bonds. The monoisotopic (exact) mass is 229 g/mol. The van der Waals surface area contributed by atoms with E-state index in [0.29, 0.717) is 0 Å². The molecule has 1 nitrogen and oxygen atoms in total. The second-order valence-corrected chi connectivity index (χ2v) is 5.43. The van der Waals surface area contributed by atoms with Crippen molar-refractivity contribution in [3.8, 4) is 0 Å². The largest absolute Gasteiger partial charge is 0.304 e. The predicted molar refractivity (Wildman–Crippen MR) is 68.9 cm³/mol. The van der Waals surface area contributed by atoms with Crippen molar-refractivity contribution in [1.29, 1.82) is 0 Å². The molecule has 0 fully saturated rings. The van der Waals surface area contributed by atoms with Gasteiger partial charge in [-0.05, 0) is 35.9 Å². The zero-order valence-corrected chi connectivity index (χ0v) is 10.2. The highest BCUT2D eigenvalue weighted by Crippen LogP contribution is 2.36. The summed E-state index contributed by atoms with van der Waals surface area (Å²) in [5, 5.41) is 5.87. The van der Waals surface area contributed by atoms with E-state index in [-0.39, 0.29) is 5.54 Å². The van der Waals surface area contributed by atoms with Crippen LogP contribution in [0, 0.1) is 0 Å². The summed E-state index contributed by atoms with van der Waals surface area (Å²) < 4.78 is 0. The Labute approximate surface area is 100 Å². The summed E-state index contributed by atoms with van der Waals surface area (Å²) in [5.74, 6) is 0. The van der Waals surface area contributed by atoms with E-state index in [1.165, 1.54) is 16.0 Å². The molecule has 0 unspecified atom stereocenters. The molecular formula is C14H15NS. The first-order chi connectivity index (χ1) is 7.81. The van der Waals surface area contributed by atoms with Gasteiger partial charge in [-0.3, -0.25) is 0 Å². The fraction of sp³-hybridized carbons (Fsp3) is 0.286. The van der Waals surface area contributed by atoms with Crippen molar-refractivity contribution < 1.29 is 0 Å². The molecule has 0 saturated heterocycles. The highest BCUT2D eigenvalue weighted by atomic mass is 32.1. The molecule has 1 N–H and O–H groups in total. The smallest absolute Gasteiger partial charge is 0.0672 e. The highest BCUT2D eigenvalue weighted by molar-refractivity contribution is 7.10. The highest BCUT2D eigenvalue weighted by Gasteiger charge is 2.33. The molecule has 0 saturated carbocycles. The average Bonchev–Trinajstić information content (AvgIpc) is 2.80. The van der Waals surface area contributed by atoms with E-state index in [9.17, 15) is 0 Å². The Morgan fingerprint density at radius 1 is 1.19 bits per heavy atom. The van der Waals surface area contributed by atoms with Crippen LogP contribution in [0.5, 0.6) is 0 Å². The van der Waals surface area contributed by atoms with Crippen molar-refractivity contribution >= 4 is 11.3 Å². The Balaban J connectivity index is 2.14. The summed E-state index contributed by atoms with van der Waals surface area (Å²) in [6.07, 6.45) is 1.16. The lowest BCUT2D eigenvalue weighted by molar-refractivity contribution is 0.419. The van der Waals surface area contributed by atoms with Gasteiger partial charge >= 0.3 is 0 Å². The molecule has 0 spiro atoms. The van der Waals surface area contributed by atoms with Crippen LogP contribution in [-0.4, -0.2) is 6.54 Å². The maximum absolute atomic E-state index is 3.66. The average molecular weight is 229 g/mol. The first kappa shape index (κ1) is 10.1. The third kappa shape index (κ3) is 1.41. The van der Waals surface area contributed by atoms with Crippen LogP contribution in [0.25, 0.3) is 0 Å². The van der Waals surface area contributed by atoms with Crippen LogP contribution in [0.1, 0.15) is 22.9 Å². The summed E-state index contributed by atoms with van der Waals surface area (Å²) in [5.41, 5.74) is 2.80. The minimum atomic E-state index is -0.00512. The standard InChI is InChI=1S/C14H15NS/c1-14(11-5-3-2-4-6-11)12-8-10-16-13(12)7-9-15-14/h2-6,8,10,15H,7,9H2,1H3/t14-/m1/s1. The van der Waals surface area contributed by atoms with E-state index >= 15 is 0 Å². The Morgan fingerprint density at radius 2 is 2.00 bits per heavy atom. The Kier molecular flexibility index (Phi) is 2.34. The van der Waals surface area contributed by atoms with Gasteiger partial charge in [-0.1, -0.05) is 30.3 Å². The molecule has 16 heavy (non-hydrogen) atoms. The quantitative estimate of drug-likeness (QED) is 0.792. The normalized spacial score (nSPS) is 24.1. The van der Waals surface area contributed by atoms with E-state index in [4.69, 9.17) is 0 Å². The molecule has 2 heterocycles. The fourth-order valence-electron chi connectivity index (χ4n) is 2.53. The first-order valence-electron chi connectivity index (χ1n) is 5.68. The van der Waals surface area contributed by atoms with E-state index in [1.54, 1.807) is 0 Å². The van der Waals surface area contributed by atoms with Crippen molar-refractivity contribution in [2.45, 2.75) is 18.9 Å². The second kappa shape index (κ2) is 3.72. The van der Waals surface area contributed by atoms with Crippen molar-refractivity contribution in [2.75, 3.05) is 6.54 Å². The summed E-state index contributed by atoms with van der Waals surface area (Å²) in [7, 11) is 0. The second-order valence-electron chi connectivity index (χ2n) is 4.43. The third-order valence-corrected chi connectivity index (χ3v) is 4.45. The molecule has 1 aliphatic heterocycles. The number of benzene rings is 1. The fourth-order valence-corrected chi connectivity index (χ4v) is 3.52. The minimum absolute atomic E-state index is 0.00512. The predicted octanol–water partition coefficient (Wildman–Crippen LogP) is 3.16. The number of rotatable bonds is 1. The molecular weight excluding hydrogens is 214 g/mol. The van der Waals surface area contributed by atoms with Crippen molar-refractivity contribution in [3.63, 3.8) is 0 Å². The maximum Gasteiger partial charge on any atom is 0.0672 e. The molecule has 0 bridgehead atoms. The van der Waals surface area contributed by atoms with Crippen molar-refractivity contribution in [2.24, 2.45) is 0 Å². The van der Waals surface area contributed by atoms with Crippen molar-refractivity contribution in [3.05, 3.63) is 57.8 Å². The molecule has 82 valence electrons. The Bertz CT molecular complexity index is 488. The molecule has 2 aromatic rings. The van der Waals surface area contributed by atoms with Crippen LogP contribution < -0.4 is 5.32 Å². The Morgan fingerprint density at radius 3 is 2.81 bits per heavy atom. The van der Waals surface area contributed by atoms with Crippen LogP contribution >= 0.6 is 11.3 Å². The molecule has 0 radical (unpaired) electrons. The lowest BCUT2D eigenvalue weighted by Gasteiger charge is -2.36. The van der Waals surface area contributed by atoms with Gasteiger partial charge in [0.15, 0.2) is 0 Å². The number of thiophene rings is 1. The third-order valence-electron chi connectivity index (χ3n) is 3.47. The SMILES string of the molecule is C[C@]1(c2ccccc2)NCCc2sccc21. The lowest BCUT2D eigenvalue weighted by Crippen LogP contribution is -2.45. The topological polar surface area (TPSA) is 12.0 Å². The van der Waals surface area contributed by atoms with Gasteiger partial charge in [0.25, 0.3) is 0 Å². The number of fused-ring (bicyclic) bond motifs is 1. The summed E-state index contributed by atoms with van der Waals surface area (Å²) in [6, 6.07) is 13.0. The van der Waals surface area contributed by atoms with Gasteiger partial charge in [0.1, 0.15) is 0 Å². The van der Waals surface area contributed by atoms with Gasteiger partial charge < -0.3 is 5.32 Å². The zero-order valence-electron chi connectivity index (χ0n) is 9.36. The van der Waals surface area contributed by atoms with Gasteiger partial charge in [0, 0.05) is 11.4 Å². The number of hydrogen-bond donors (Lipinski definition) is 1. The van der Waals surface area contributed by atoms with Gasteiger partial charge in [-0.2, -0.15) is 0 Å². The van der Waals surface area contributed by atoms with Crippen LogP contribution in [0.2, 0.25) is 0 Å². The molecule has 1 atom stereocenters. The molecule has 2 heteroatoms. The van der Waals surface area contributed by atoms with E-state index in [2.05, 4.69) is 54.0 Å². The van der Waals surface area contributed by atoms with E-state index in [0.717, 1.165) is 13.0 Å². The molecule has 1 aromatic heterocycles. The van der Waals surface area contributed by atoms with Crippen LogP contribution in [0.3, 0.4) is 0 Å². The Hall–Kier alpha value is -1.12. The van der Waals surface area contributed by atoms with Gasteiger partial charge in [0.2, 0.25) is 0 Å². The summed E-state index contributed by atoms with van der Waals surface area (Å²) >= 11 is 1.88. The zero-order chi connectivity index (χ0) is 11.0. The number of hydrogen-bond acceptors (Lipinski definition) is 2. The van der Waals surface area contributed by atoms with E-state index in [1.807, 2.05) is 11.3 Å².